The van der Waals surface area contributed by atoms with Crippen molar-refractivity contribution >= 4 is 25.0 Å². The largest absolute Gasteiger partial charge is 0.389 e. The molecule has 0 saturated carbocycles. The summed E-state index contributed by atoms with van der Waals surface area (Å²) < 4.78 is 0. The molecule has 5 heteroatoms. The summed E-state index contributed by atoms with van der Waals surface area (Å²) in [5.74, 6) is 0. The molecule has 0 amide bonds. The molecule has 0 bridgehead atoms. The van der Waals surface area contributed by atoms with E-state index in [1.165, 1.54) is 0 Å². The van der Waals surface area contributed by atoms with Crippen LogP contribution in [-0.4, -0.2) is 70.4 Å². The molecule has 0 rings (SSSR count). The zero-order chi connectivity index (χ0) is 11.6. The van der Waals surface area contributed by atoms with Crippen LogP contribution in [0.5, 0.6) is 0 Å². The van der Waals surface area contributed by atoms with E-state index in [4.69, 9.17) is 7.85 Å². The Labute approximate surface area is 95.2 Å². The van der Waals surface area contributed by atoms with Gasteiger partial charge in [0.05, 0.1) is 0 Å². The molecule has 0 aromatic heterocycles. The van der Waals surface area contributed by atoms with Gasteiger partial charge in [-0.3, -0.25) is 0 Å². The predicted octanol–water partition coefficient (Wildman–Crippen LogP) is 0.159. The molecule has 0 aliphatic heterocycles. The second kappa shape index (κ2) is 11.0. The van der Waals surface area contributed by atoms with Gasteiger partial charge in [0.1, 0.15) is 0 Å². The second-order valence-corrected chi connectivity index (χ2v) is 3.94. The summed E-state index contributed by atoms with van der Waals surface area (Å²) in [7, 11) is 13.4. The third-order valence-corrected chi connectivity index (χ3v) is 1.49. The quantitative estimate of drug-likeness (QED) is 0.531. The van der Waals surface area contributed by atoms with Crippen molar-refractivity contribution in [3.05, 3.63) is 0 Å². The van der Waals surface area contributed by atoms with Crippen molar-refractivity contribution in [2.75, 3.05) is 47.8 Å². The molecule has 0 aromatic carbocycles. The standard InChI is InChI=1S/C6H16N2.C3H6BNS/c1-7(2)5-6-8(3)4;1-2-5-3(4)6/h5-6H2,1-4H3;2H2,1H3,(H,5,6). The van der Waals surface area contributed by atoms with Gasteiger partial charge in [-0.15, -0.1) is 0 Å². The maximum absolute atomic E-state index is 5.02. The summed E-state index contributed by atoms with van der Waals surface area (Å²) in [6, 6.07) is 0. The number of nitrogens with one attached hydrogen (secondary N) is 1. The molecular weight excluding hydrogens is 193 g/mol. The highest BCUT2D eigenvalue weighted by Crippen LogP contribution is 1.76. The van der Waals surface area contributed by atoms with E-state index < -0.39 is 0 Å². The van der Waals surface area contributed by atoms with E-state index in [1.807, 2.05) is 6.92 Å². The van der Waals surface area contributed by atoms with Crippen molar-refractivity contribution in [1.82, 2.24) is 15.1 Å². The Morgan fingerprint density at radius 2 is 1.50 bits per heavy atom. The van der Waals surface area contributed by atoms with Gasteiger partial charge in [-0.25, -0.2) is 0 Å². The van der Waals surface area contributed by atoms with Crippen LogP contribution in [-0.2, 0) is 0 Å². The first-order chi connectivity index (χ1) is 6.40. The molecule has 2 radical (unpaired) electrons. The molecule has 3 nitrogen and oxygen atoms in total. The monoisotopic (exact) mass is 215 g/mol. The lowest BCUT2D eigenvalue weighted by molar-refractivity contribution is 0.320. The van der Waals surface area contributed by atoms with Gasteiger partial charge in [0.2, 0.25) is 0 Å². The molecule has 1 N–H and O–H groups in total. The lowest BCUT2D eigenvalue weighted by Gasteiger charge is -2.13. The fourth-order valence-corrected chi connectivity index (χ4v) is 0.719. The first-order valence-corrected chi connectivity index (χ1v) is 5.13. The lowest BCUT2D eigenvalue weighted by Crippen LogP contribution is -2.25. The molecular formula is C9H22BN3S. The average Bonchev–Trinajstić information content (AvgIpc) is 2.01. The molecule has 0 aliphatic rings. The first-order valence-electron chi connectivity index (χ1n) is 4.72. The van der Waals surface area contributed by atoms with Gasteiger partial charge in [-0.1, -0.05) is 12.2 Å². The van der Waals surface area contributed by atoms with Gasteiger partial charge in [0.25, 0.3) is 0 Å². The smallest absolute Gasteiger partial charge is 0.154 e. The molecule has 0 atom stereocenters. The van der Waals surface area contributed by atoms with Crippen LogP contribution >= 0.6 is 12.2 Å². The number of thiocarbonyl (C=S) groups is 1. The summed E-state index contributed by atoms with van der Waals surface area (Å²) in [5, 5.41) is 2.72. The van der Waals surface area contributed by atoms with Crippen LogP contribution in [0.4, 0.5) is 0 Å². The van der Waals surface area contributed by atoms with Crippen LogP contribution < -0.4 is 5.32 Å². The molecule has 0 unspecified atom stereocenters. The van der Waals surface area contributed by atoms with Gasteiger partial charge in [-0.05, 0) is 35.1 Å². The Morgan fingerprint density at radius 3 is 1.57 bits per heavy atom. The van der Waals surface area contributed by atoms with Crippen molar-refractivity contribution in [2.24, 2.45) is 0 Å². The van der Waals surface area contributed by atoms with Crippen molar-refractivity contribution < 1.29 is 0 Å². The zero-order valence-corrected chi connectivity index (χ0v) is 10.8. The van der Waals surface area contributed by atoms with E-state index in [0.29, 0.717) is 4.89 Å². The zero-order valence-electron chi connectivity index (χ0n) is 10.0. The Bertz CT molecular complexity index is 132. The van der Waals surface area contributed by atoms with E-state index >= 15 is 0 Å². The van der Waals surface area contributed by atoms with Crippen LogP contribution in [0, 0.1) is 0 Å². The minimum absolute atomic E-state index is 0.373. The van der Waals surface area contributed by atoms with Gasteiger partial charge >= 0.3 is 0 Å². The Morgan fingerprint density at radius 1 is 1.14 bits per heavy atom. The van der Waals surface area contributed by atoms with Gasteiger partial charge < -0.3 is 15.1 Å². The van der Waals surface area contributed by atoms with Gasteiger partial charge in [-0.2, -0.15) is 0 Å². The topological polar surface area (TPSA) is 18.5 Å². The Hall–Kier alpha value is -0.125. The molecule has 82 valence electrons. The van der Waals surface area contributed by atoms with Crippen molar-refractivity contribution in [2.45, 2.75) is 6.92 Å². The third-order valence-electron chi connectivity index (χ3n) is 1.35. The van der Waals surface area contributed by atoms with E-state index in [-0.39, 0.29) is 0 Å². The fourth-order valence-electron chi connectivity index (χ4n) is 0.574. The van der Waals surface area contributed by atoms with Crippen LogP contribution in [0.15, 0.2) is 0 Å². The summed E-state index contributed by atoms with van der Waals surface area (Å²) in [4.78, 5) is 4.73. The van der Waals surface area contributed by atoms with E-state index in [0.717, 1.165) is 19.6 Å². The lowest BCUT2D eigenvalue weighted by atomic mass is 10.2. The van der Waals surface area contributed by atoms with Crippen LogP contribution in [0.1, 0.15) is 6.92 Å². The van der Waals surface area contributed by atoms with E-state index in [1.54, 1.807) is 0 Å². The molecule has 0 fully saturated rings. The van der Waals surface area contributed by atoms with Gasteiger partial charge in [0, 0.05) is 24.5 Å². The normalized spacial score (nSPS) is 9.64. The summed E-state index contributed by atoms with van der Waals surface area (Å²) >= 11 is 4.46. The van der Waals surface area contributed by atoms with Crippen LogP contribution in [0.2, 0.25) is 0 Å². The Kier molecular flexibility index (Phi) is 12.8. The number of hydrogen-bond acceptors (Lipinski definition) is 3. The number of rotatable bonds is 4. The summed E-state index contributed by atoms with van der Waals surface area (Å²) in [5.41, 5.74) is 0. The van der Waals surface area contributed by atoms with Gasteiger partial charge in [0.15, 0.2) is 7.85 Å². The minimum atomic E-state index is 0.373. The number of nitrogens with zero attached hydrogens (tertiary/aromatic N) is 2. The third kappa shape index (κ3) is 22.6. The van der Waals surface area contributed by atoms with E-state index in [9.17, 15) is 0 Å². The first kappa shape index (κ1) is 16.3. The molecule has 0 saturated heterocycles. The van der Waals surface area contributed by atoms with Crippen molar-refractivity contribution in [3.8, 4) is 0 Å². The fraction of sp³-hybridized carbons (Fsp3) is 0.889. The molecule has 0 aromatic rings. The van der Waals surface area contributed by atoms with E-state index in [2.05, 4.69) is 55.5 Å². The average molecular weight is 215 g/mol. The summed E-state index contributed by atoms with van der Waals surface area (Å²) in [6.07, 6.45) is 0. The number of hydrogen-bond donors (Lipinski definition) is 1. The molecule has 0 spiro atoms. The van der Waals surface area contributed by atoms with Crippen molar-refractivity contribution in [3.63, 3.8) is 0 Å². The van der Waals surface area contributed by atoms with Crippen LogP contribution in [0.25, 0.3) is 0 Å². The summed E-state index contributed by atoms with van der Waals surface area (Å²) in [6.45, 7) is 5.05. The van der Waals surface area contributed by atoms with Crippen LogP contribution in [0.3, 0.4) is 0 Å². The maximum Gasteiger partial charge on any atom is 0.154 e. The molecule has 14 heavy (non-hydrogen) atoms. The SMILES string of the molecule is CN(C)CCN(C)C.[B]C(=S)NCC. The predicted molar refractivity (Wildman–Crippen MR) is 69.1 cm³/mol. The number of likely N-dealkylation sites (N-methyl/N-ethyl adjacent to an activating group) is 2. The molecule has 0 aliphatic carbocycles. The van der Waals surface area contributed by atoms with Crippen molar-refractivity contribution in [1.29, 1.82) is 0 Å². The highest BCUT2D eigenvalue weighted by atomic mass is 32.1. The Balaban J connectivity index is 0. The molecule has 0 heterocycles. The highest BCUT2D eigenvalue weighted by molar-refractivity contribution is 7.82. The highest BCUT2D eigenvalue weighted by Gasteiger charge is 1.89. The maximum atomic E-state index is 5.02. The second-order valence-electron chi connectivity index (χ2n) is 3.50. The minimum Gasteiger partial charge on any atom is -0.389 e.